The summed E-state index contributed by atoms with van der Waals surface area (Å²) in [5.74, 6) is -0.264. The lowest BCUT2D eigenvalue weighted by Gasteiger charge is -2.49. The minimum absolute atomic E-state index is 0.0322. The quantitative estimate of drug-likeness (QED) is 0.751. The van der Waals surface area contributed by atoms with Crippen molar-refractivity contribution in [3.63, 3.8) is 0 Å². The molecule has 0 aromatic heterocycles. The molecule has 3 aliphatic heterocycles. The second-order valence-corrected chi connectivity index (χ2v) is 9.41. The van der Waals surface area contributed by atoms with Gasteiger partial charge in [0.2, 0.25) is 5.91 Å². The molecule has 0 unspecified atom stereocenters. The van der Waals surface area contributed by atoms with Gasteiger partial charge in [0.05, 0.1) is 25.2 Å². The van der Waals surface area contributed by atoms with Crippen LogP contribution in [0.15, 0.2) is 0 Å². The van der Waals surface area contributed by atoms with Gasteiger partial charge in [0.15, 0.2) is 5.79 Å². The van der Waals surface area contributed by atoms with Gasteiger partial charge < -0.3 is 24.6 Å². The molecule has 1 saturated carbocycles. The van der Waals surface area contributed by atoms with Crippen LogP contribution in [0.4, 0.5) is 4.79 Å². The molecule has 8 heteroatoms. The first-order chi connectivity index (χ1) is 13.9. The van der Waals surface area contributed by atoms with Crippen molar-refractivity contribution in [2.45, 2.75) is 56.9 Å². The van der Waals surface area contributed by atoms with E-state index in [9.17, 15) is 9.59 Å². The summed E-state index contributed by atoms with van der Waals surface area (Å²) in [6.07, 6.45) is 4.39. The Morgan fingerprint density at radius 2 is 1.90 bits per heavy atom. The number of imide groups is 1. The highest BCUT2D eigenvalue weighted by molar-refractivity contribution is 5.96. The average molecular weight is 409 g/mol. The van der Waals surface area contributed by atoms with E-state index in [1.54, 1.807) is 0 Å². The van der Waals surface area contributed by atoms with Crippen molar-refractivity contribution in [1.29, 1.82) is 0 Å². The zero-order valence-electron chi connectivity index (χ0n) is 18.1. The van der Waals surface area contributed by atoms with E-state index in [0.29, 0.717) is 38.3 Å². The fraction of sp³-hybridized carbons (Fsp3) is 0.905. The Bertz CT molecular complexity index is 618. The van der Waals surface area contributed by atoms with Crippen molar-refractivity contribution in [1.82, 2.24) is 20.0 Å². The smallest absolute Gasteiger partial charge is 0.324 e. The summed E-state index contributed by atoms with van der Waals surface area (Å²) in [7, 11) is 4.14. The number of nitrogens with one attached hydrogen (secondary N) is 1. The predicted molar refractivity (Wildman–Crippen MR) is 108 cm³/mol. The largest absolute Gasteiger partial charge is 0.348 e. The number of hydrogen-bond acceptors (Lipinski definition) is 6. The number of nitrogens with zero attached hydrogens (tertiary/aromatic N) is 3. The third-order valence-electron chi connectivity index (χ3n) is 7.11. The van der Waals surface area contributed by atoms with Gasteiger partial charge in [-0.2, -0.15) is 0 Å². The van der Waals surface area contributed by atoms with Crippen LogP contribution in [0.2, 0.25) is 0 Å². The highest BCUT2D eigenvalue weighted by atomic mass is 16.7. The minimum Gasteiger partial charge on any atom is -0.348 e. The van der Waals surface area contributed by atoms with Gasteiger partial charge in [-0.05, 0) is 39.3 Å². The average Bonchev–Trinajstić information content (AvgIpc) is 3.11. The predicted octanol–water partition coefficient (Wildman–Crippen LogP) is 1.11. The van der Waals surface area contributed by atoms with Gasteiger partial charge in [-0.25, -0.2) is 4.79 Å². The van der Waals surface area contributed by atoms with E-state index in [1.807, 2.05) is 14.0 Å². The molecule has 0 aromatic carbocycles. The van der Waals surface area contributed by atoms with Crippen LogP contribution in [0, 0.1) is 11.8 Å². The number of urea groups is 1. The van der Waals surface area contributed by atoms with Gasteiger partial charge in [0, 0.05) is 45.1 Å². The molecule has 8 nitrogen and oxygen atoms in total. The maximum absolute atomic E-state index is 13.4. The lowest BCUT2D eigenvalue weighted by atomic mass is 9.72. The molecule has 0 aromatic rings. The third kappa shape index (κ3) is 4.31. The molecule has 3 amide bonds. The van der Waals surface area contributed by atoms with Crippen molar-refractivity contribution >= 4 is 11.9 Å². The second-order valence-electron chi connectivity index (χ2n) is 9.41. The first kappa shape index (κ1) is 21.0. The van der Waals surface area contributed by atoms with Gasteiger partial charge >= 0.3 is 6.03 Å². The fourth-order valence-corrected chi connectivity index (χ4v) is 5.72. The van der Waals surface area contributed by atoms with E-state index in [4.69, 9.17) is 9.47 Å². The van der Waals surface area contributed by atoms with Crippen molar-refractivity contribution < 1.29 is 19.1 Å². The van der Waals surface area contributed by atoms with E-state index in [1.165, 1.54) is 4.90 Å². The molecule has 3 atom stereocenters. The SMILES string of the molecule is CCCN(C(=O)NC1CN(C)C1)C(=O)[C@@H]1C[C@@H]2CC3(CC[C@H]2N(C)C1)OCCO3. The van der Waals surface area contributed by atoms with Crippen LogP contribution in [0.25, 0.3) is 0 Å². The number of hydrogen-bond donors (Lipinski definition) is 1. The Morgan fingerprint density at radius 1 is 1.17 bits per heavy atom. The number of fused-ring (bicyclic) bond motifs is 1. The summed E-state index contributed by atoms with van der Waals surface area (Å²) in [6, 6.07) is 0.381. The monoisotopic (exact) mass is 408 g/mol. The molecule has 4 aliphatic rings. The number of likely N-dealkylation sites (tertiary alicyclic amines) is 2. The standard InChI is InChI=1S/C21H36N4O4/c1-4-7-25(20(27)22-17-13-23(2)14-17)19(26)16-10-15-11-21(28-8-9-29-21)6-5-18(15)24(3)12-16/h15-18H,4-14H2,1-3H3,(H,22,27)/t15-,16-,18-/m1/s1. The Hall–Kier alpha value is -1.22. The van der Waals surface area contributed by atoms with Crippen LogP contribution in [0.1, 0.15) is 39.0 Å². The van der Waals surface area contributed by atoms with Crippen molar-refractivity contribution in [3.8, 4) is 0 Å². The Kier molecular flexibility index (Phi) is 6.16. The van der Waals surface area contributed by atoms with Gasteiger partial charge in [-0.1, -0.05) is 6.92 Å². The maximum atomic E-state index is 13.4. The molecule has 1 N–H and O–H groups in total. The molecule has 4 fully saturated rings. The third-order valence-corrected chi connectivity index (χ3v) is 7.11. The number of carbonyl (C=O) groups excluding carboxylic acids is 2. The number of likely N-dealkylation sites (N-methyl/N-ethyl adjacent to an activating group) is 1. The van der Waals surface area contributed by atoms with E-state index < -0.39 is 5.79 Å². The number of ether oxygens (including phenoxy) is 2. The Labute approximate surface area is 173 Å². The summed E-state index contributed by atoms with van der Waals surface area (Å²) in [5.41, 5.74) is 0. The van der Waals surface area contributed by atoms with E-state index in [-0.39, 0.29) is 23.9 Å². The summed E-state index contributed by atoms with van der Waals surface area (Å²) < 4.78 is 11.9. The zero-order valence-corrected chi connectivity index (χ0v) is 18.1. The van der Waals surface area contributed by atoms with Crippen LogP contribution in [-0.2, 0) is 14.3 Å². The van der Waals surface area contributed by atoms with Crippen LogP contribution >= 0.6 is 0 Å². The zero-order chi connectivity index (χ0) is 20.6. The van der Waals surface area contributed by atoms with Crippen molar-refractivity contribution in [3.05, 3.63) is 0 Å². The van der Waals surface area contributed by atoms with Gasteiger partial charge in [-0.15, -0.1) is 0 Å². The van der Waals surface area contributed by atoms with Crippen molar-refractivity contribution in [2.75, 3.05) is 53.5 Å². The Balaban J connectivity index is 1.41. The highest BCUT2D eigenvalue weighted by Crippen LogP contribution is 2.45. The first-order valence-corrected chi connectivity index (χ1v) is 11.2. The fourth-order valence-electron chi connectivity index (χ4n) is 5.72. The molecule has 164 valence electrons. The van der Waals surface area contributed by atoms with Crippen LogP contribution < -0.4 is 5.32 Å². The molecule has 4 rings (SSSR count). The second kappa shape index (κ2) is 8.49. The first-order valence-electron chi connectivity index (χ1n) is 11.2. The molecule has 0 radical (unpaired) electrons. The molecule has 1 aliphatic carbocycles. The summed E-state index contributed by atoms with van der Waals surface area (Å²) in [5, 5.41) is 3.03. The van der Waals surface area contributed by atoms with E-state index >= 15 is 0 Å². The molecule has 3 heterocycles. The van der Waals surface area contributed by atoms with E-state index in [2.05, 4.69) is 22.2 Å². The van der Waals surface area contributed by atoms with Crippen LogP contribution in [0.3, 0.4) is 0 Å². The normalized spacial score (nSPS) is 32.6. The van der Waals surface area contributed by atoms with Gasteiger partial charge in [0.1, 0.15) is 0 Å². The topological polar surface area (TPSA) is 74.4 Å². The number of amides is 3. The maximum Gasteiger partial charge on any atom is 0.324 e. The number of piperidine rings is 1. The molecule has 3 saturated heterocycles. The van der Waals surface area contributed by atoms with E-state index in [0.717, 1.165) is 45.2 Å². The number of carbonyl (C=O) groups is 2. The van der Waals surface area contributed by atoms with Crippen LogP contribution in [-0.4, -0.2) is 98.0 Å². The van der Waals surface area contributed by atoms with Gasteiger partial charge in [0.25, 0.3) is 0 Å². The molecule has 0 bridgehead atoms. The number of rotatable bonds is 4. The minimum atomic E-state index is -0.441. The Morgan fingerprint density at radius 3 is 2.55 bits per heavy atom. The molecule has 1 spiro atoms. The molecular formula is C21H36N4O4. The summed E-state index contributed by atoms with van der Waals surface area (Å²) in [4.78, 5) is 32.1. The molecule has 29 heavy (non-hydrogen) atoms. The van der Waals surface area contributed by atoms with Gasteiger partial charge in [-0.3, -0.25) is 9.69 Å². The lowest BCUT2D eigenvalue weighted by molar-refractivity contribution is -0.202. The molecular weight excluding hydrogens is 372 g/mol. The highest BCUT2D eigenvalue weighted by Gasteiger charge is 2.49. The summed E-state index contributed by atoms with van der Waals surface area (Å²) in [6.45, 7) is 6.21. The van der Waals surface area contributed by atoms with Crippen LogP contribution in [0.5, 0.6) is 0 Å². The van der Waals surface area contributed by atoms with Crippen molar-refractivity contribution in [2.24, 2.45) is 11.8 Å². The lowest BCUT2D eigenvalue weighted by Crippen LogP contribution is -2.61. The summed E-state index contributed by atoms with van der Waals surface area (Å²) >= 11 is 0.